The summed E-state index contributed by atoms with van der Waals surface area (Å²) in [6.07, 6.45) is 7.00. The third-order valence-electron chi connectivity index (χ3n) is 5.24. The van der Waals surface area contributed by atoms with E-state index in [1.807, 2.05) is 20.9 Å². The highest BCUT2D eigenvalue weighted by atomic mass is 16.5. The van der Waals surface area contributed by atoms with E-state index < -0.39 is 0 Å². The van der Waals surface area contributed by atoms with E-state index in [4.69, 9.17) is 4.52 Å². The van der Waals surface area contributed by atoms with Gasteiger partial charge in [-0.2, -0.15) is 0 Å². The fourth-order valence-electron chi connectivity index (χ4n) is 3.46. The van der Waals surface area contributed by atoms with Crippen molar-refractivity contribution in [1.82, 2.24) is 15.8 Å². The Morgan fingerprint density at radius 2 is 2.10 bits per heavy atom. The molecule has 0 radical (unpaired) electrons. The van der Waals surface area contributed by atoms with Crippen molar-refractivity contribution in [3.05, 3.63) is 17.0 Å². The molecule has 0 spiro atoms. The number of rotatable bonds is 5. The largest absolute Gasteiger partial charge is 0.361 e. The molecule has 1 heterocycles. The smallest absolute Gasteiger partial charge is 0.191 e. The summed E-state index contributed by atoms with van der Waals surface area (Å²) in [5, 5.41) is 10.9. The van der Waals surface area contributed by atoms with Gasteiger partial charge in [0.25, 0.3) is 0 Å². The summed E-state index contributed by atoms with van der Waals surface area (Å²) < 4.78 is 5.19. The summed E-state index contributed by atoms with van der Waals surface area (Å²) in [4.78, 5) is 4.33. The van der Waals surface area contributed by atoms with Crippen molar-refractivity contribution in [1.29, 1.82) is 0 Å². The van der Waals surface area contributed by atoms with Gasteiger partial charge in [0.2, 0.25) is 0 Å². The van der Waals surface area contributed by atoms with Crippen LogP contribution in [0.5, 0.6) is 0 Å². The maximum atomic E-state index is 5.19. The van der Waals surface area contributed by atoms with Crippen molar-refractivity contribution in [3.8, 4) is 0 Å². The van der Waals surface area contributed by atoms with Crippen molar-refractivity contribution in [2.75, 3.05) is 13.6 Å². The second-order valence-electron chi connectivity index (χ2n) is 6.57. The Morgan fingerprint density at radius 3 is 2.57 bits per heavy atom. The normalized spacial score (nSPS) is 21.0. The topological polar surface area (TPSA) is 62.5 Å². The lowest BCUT2D eigenvalue weighted by molar-refractivity contribution is 0.106. The lowest BCUT2D eigenvalue weighted by Crippen LogP contribution is -2.47. The Labute approximate surface area is 126 Å². The zero-order chi connectivity index (χ0) is 14.9. The maximum absolute atomic E-state index is 5.19. The molecule has 5 heteroatoms. The molecule has 2 aliphatic rings. The molecule has 1 aromatic rings. The zero-order valence-electron chi connectivity index (χ0n) is 13.3. The van der Waals surface area contributed by atoms with Crippen LogP contribution in [0.1, 0.15) is 49.1 Å². The van der Waals surface area contributed by atoms with Gasteiger partial charge in [-0.1, -0.05) is 11.6 Å². The lowest BCUT2D eigenvalue weighted by Gasteiger charge is -2.43. The quantitative estimate of drug-likeness (QED) is 0.646. The highest BCUT2D eigenvalue weighted by Gasteiger charge is 2.48. The summed E-state index contributed by atoms with van der Waals surface area (Å²) in [5.74, 6) is 2.71. The summed E-state index contributed by atoms with van der Waals surface area (Å²) in [7, 11) is 1.83. The Bertz CT molecular complexity index is 507. The zero-order valence-corrected chi connectivity index (χ0v) is 13.3. The van der Waals surface area contributed by atoms with Crippen LogP contribution in [0.4, 0.5) is 0 Å². The van der Waals surface area contributed by atoms with E-state index >= 15 is 0 Å². The molecule has 0 saturated heterocycles. The highest BCUT2D eigenvalue weighted by Crippen LogP contribution is 2.56. The minimum absolute atomic E-state index is 0.556. The Morgan fingerprint density at radius 1 is 1.33 bits per heavy atom. The fourth-order valence-corrected chi connectivity index (χ4v) is 3.46. The van der Waals surface area contributed by atoms with E-state index in [2.05, 4.69) is 20.8 Å². The Kier molecular flexibility index (Phi) is 3.91. The second-order valence-corrected chi connectivity index (χ2v) is 6.57. The lowest BCUT2D eigenvalue weighted by atomic mass is 9.65. The number of guanidine groups is 1. The molecule has 0 amide bonds. The van der Waals surface area contributed by atoms with Gasteiger partial charge in [0.05, 0.1) is 5.69 Å². The van der Waals surface area contributed by atoms with Crippen LogP contribution in [-0.4, -0.2) is 24.7 Å². The van der Waals surface area contributed by atoms with Crippen LogP contribution < -0.4 is 10.6 Å². The highest BCUT2D eigenvalue weighted by molar-refractivity contribution is 5.79. The van der Waals surface area contributed by atoms with Gasteiger partial charge in [0.15, 0.2) is 5.96 Å². The van der Waals surface area contributed by atoms with Gasteiger partial charge < -0.3 is 15.2 Å². The molecule has 5 nitrogen and oxygen atoms in total. The van der Waals surface area contributed by atoms with Crippen molar-refractivity contribution >= 4 is 5.96 Å². The van der Waals surface area contributed by atoms with Crippen LogP contribution >= 0.6 is 0 Å². The monoisotopic (exact) mass is 290 g/mol. The van der Waals surface area contributed by atoms with Crippen LogP contribution in [0.2, 0.25) is 0 Å². The summed E-state index contributed by atoms with van der Waals surface area (Å²) in [6.45, 7) is 5.68. The van der Waals surface area contributed by atoms with E-state index in [1.165, 1.54) is 32.1 Å². The average Bonchev–Trinajstić information content (AvgIpc) is 3.22. The number of aliphatic imine (C=N–C) groups is 1. The minimum Gasteiger partial charge on any atom is -0.361 e. The molecule has 1 aromatic heterocycles. The third kappa shape index (κ3) is 2.92. The van der Waals surface area contributed by atoms with Gasteiger partial charge in [0, 0.05) is 25.7 Å². The first-order chi connectivity index (χ1) is 10.1. The molecule has 2 aliphatic carbocycles. The number of nitrogens with zero attached hydrogens (tertiary/aromatic N) is 2. The summed E-state index contributed by atoms with van der Waals surface area (Å²) in [6, 6.07) is 0. The molecule has 2 fully saturated rings. The number of hydrogen-bond donors (Lipinski definition) is 2. The second kappa shape index (κ2) is 5.70. The van der Waals surface area contributed by atoms with Gasteiger partial charge in [0.1, 0.15) is 5.76 Å². The van der Waals surface area contributed by atoms with Crippen molar-refractivity contribution < 1.29 is 4.52 Å². The van der Waals surface area contributed by atoms with Crippen LogP contribution in [-0.2, 0) is 6.54 Å². The van der Waals surface area contributed by atoms with E-state index in [-0.39, 0.29) is 0 Å². The molecule has 0 bridgehead atoms. The molecule has 116 valence electrons. The van der Waals surface area contributed by atoms with Gasteiger partial charge >= 0.3 is 0 Å². The Balaban J connectivity index is 1.52. The van der Waals surface area contributed by atoms with Gasteiger partial charge in [-0.05, 0) is 50.9 Å². The summed E-state index contributed by atoms with van der Waals surface area (Å²) in [5.41, 5.74) is 2.63. The number of nitrogens with one attached hydrogen (secondary N) is 2. The van der Waals surface area contributed by atoms with Crippen LogP contribution in [0.3, 0.4) is 0 Å². The molecular weight excluding hydrogens is 264 g/mol. The number of aromatic nitrogens is 1. The first-order valence-electron chi connectivity index (χ1n) is 8.01. The molecule has 21 heavy (non-hydrogen) atoms. The van der Waals surface area contributed by atoms with Crippen LogP contribution in [0, 0.1) is 25.2 Å². The van der Waals surface area contributed by atoms with Crippen molar-refractivity contribution in [2.45, 2.75) is 52.5 Å². The predicted molar refractivity (Wildman–Crippen MR) is 83.2 cm³/mol. The molecule has 2 saturated carbocycles. The molecule has 0 aliphatic heterocycles. The Hall–Kier alpha value is -1.52. The SMILES string of the molecule is CN=C(NCc1c(C)noc1C)NCC1(C2CC2)CCC1. The number of aryl methyl sites for hydroxylation is 2. The van der Waals surface area contributed by atoms with Crippen LogP contribution in [0.25, 0.3) is 0 Å². The molecular formula is C16H26N4O. The fraction of sp³-hybridized carbons (Fsp3) is 0.750. The molecule has 0 unspecified atom stereocenters. The molecule has 3 rings (SSSR count). The molecule has 2 N–H and O–H groups in total. The predicted octanol–water partition coefficient (Wildman–Crippen LogP) is 2.54. The standard InChI is InChI=1S/C16H26N4O/c1-11-14(12(2)21-20-11)9-18-15(17-3)19-10-16(7-4-8-16)13-5-6-13/h13H,4-10H2,1-3H3,(H2,17,18,19). The summed E-state index contributed by atoms with van der Waals surface area (Å²) >= 11 is 0. The molecule has 0 aromatic carbocycles. The van der Waals surface area contributed by atoms with E-state index in [0.717, 1.165) is 35.4 Å². The average molecular weight is 290 g/mol. The third-order valence-corrected chi connectivity index (χ3v) is 5.24. The van der Waals surface area contributed by atoms with Crippen molar-refractivity contribution in [2.24, 2.45) is 16.3 Å². The minimum atomic E-state index is 0.556. The van der Waals surface area contributed by atoms with E-state index in [9.17, 15) is 0 Å². The van der Waals surface area contributed by atoms with E-state index in [1.54, 1.807) is 0 Å². The maximum Gasteiger partial charge on any atom is 0.191 e. The first-order valence-corrected chi connectivity index (χ1v) is 8.01. The van der Waals surface area contributed by atoms with Gasteiger partial charge in [-0.3, -0.25) is 4.99 Å². The number of hydrogen-bond acceptors (Lipinski definition) is 3. The first kappa shape index (κ1) is 14.4. The van der Waals surface area contributed by atoms with Crippen molar-refractivity contribution in [3.63, 3.8) is 0 Å². The van der Waals surface area contributed by atoms with Crippen LogP contribution in [0.15, 0.2) is 9.52 Å². The van der Waals surface area contributed by atoms with Gasteiger partial charge in [-0.25, -0.2) is 0 Å². The van der Waals surface area contributed by atoms with Gasteiger partial charge in [-0.15, -0.1) is 0 Å². The molecule has 0 atom stereocenters. The van der Waals surface area contributed by atoms with E-state index in [0.29, 0.717) is 12.0 Å².